The molecule has 0 aliphatic heterocycles. The van der Waals surface area contributed by atoms with Crippen LogP contribution in [0.2, 0.25) is 0 Å². The molecule has 0 fully saturated rings. The number of nitro groups is 1. The van der Waals surface area contributed by atoms with E-state index in [9.17, 15) is 19.7 Å². The van der Waals surface area contributed by atoms with Crippen LogP contribution in [0.25, 0.3) is 0 Å². The van der Waals surface area contributed by atoms with E-state index < -0.39 is 23.3 Å². The number of benzene rings is 1. The summed E-state index contributed by atoms with van der Waals surface area (Å²) in [5.41, 5.74) is -0.160. The fraction of sp³-hybridized carbons (Fsp3) is 0.385. The molecule has 0 bridgehead atoms. The van der Waals surface area contributed by atoms with Gasteiger partial charge in [-0.1, -0.05) is 19.9 Å². The molecule has 21 heavy (non-hydrogen) atoms. The first-order chi connectivity index (χ1) is 9.73. The van der Waals surface area contributed by atoms with Crippen LogP contribution in [0.4, 0.5) is 5.69 Å². The zero-order valence-electron chi connectivity index (χ0n) is 11.6. The van der Waals surface area contributed by atoms with Crippen LogP contribution in [-0.2, 0) is 4.79 Å². The van der Waals surface area contributed by atoms with Gasteiger partial charge in [-0.25, -0.2) is 0 Å². The third-order valence-electron chi connectivity index (χ3n) is 2.60. The van der Waals surface area contributed by atoms with Crippen molar-refractivity contribution in [1.82, 2.24) is 4.90 Å². The summed E-state index contributed by atoms with van der Waals surface area (Å²) in [6, 6.07) is 4.09. The minimum absolute atomic E-state index is 0.0548. The lowest BCUT2D eigenvalue weighted by Gasteiger charge is -2.23. The lowest BCUT2D eigenvalue weighted by atomic mass is 10.1. The molecule has 0 aliphatic rings. The van der Waals surface area contributed by atoms with E-state index in [0.29, 0.717) is 0 Å². The Morgan fingerprint density at radius 3 is 2.52 bits per heavy atom. The second-order valence-electron chi connectivity index (χ2n) is 4.87. The summed E-state index contributed by atoms with van der Waals surface area (Å²) in [7, 11) is 0. The molecule has 1 amide bonds. The van der Waals surface area contributed by atoms with Gasteiger partial charge in [0.1, 0.15) is 11.0 Å². The summed E-state index contributed by atoms with van der Waals surface area (Å²) >= 11 is 3.05. The molecule has 1 aromatic carbocycles. The highest BCUT2D eigenvalue weighted by Crippen LogP contribution is 2.29. The van der Waals surface area contributed by atoms with E-state index in [1.807, 2.05) is 13.8 Å². The zero-order valence-corrected chi connectivity index (χ0v) is 13.2. The van der Waals surface area contributed by atoms with Crippen molar-refractivity contribution in [2.24, 2.45) is 5.92 Å². The van der Waals surface area contributed by atoms with Gasteiger partial charge in [-0.2, -0.15) is 0 Å². The van der Waals surface area contributed by atoms with Gasteiger partial charge in [0.2, 0.25) is 0 Å². The van der Waals surface area contributed by atoms with Crippen molar-refractivity contribution in [2.75, 3.05) is 13.1 Å². The van der Waals surface area contributed by atoms with Crippen molar-refractivity contribution in [2.45, 2.75) is 13.8 Å². The molecule has 0 saturated heterocycles. The molecule has 0 saturated carbocycles. The molecule has 114 valence electrons. The van der Waals surface area contributed by atoms with Crippen LogP contribution in [0.1, 0.15) is 24.2 Å². The normalized spacial score (nSPS) is 10.5. The van der Waals surface area contributed by atoms with E-state index >= 15 is 0 Å². The number of halogens is 1. The van der Waals surface area contributed by atoms with E-state index in [1.54, 1.807) is 0 Å². The van der Waals surface area contributed by atoms with E-state index in [1.165, 1.54) is 18.2 Å². The number of rotatable bonds is 6. The lowest BCUT2D eigenvalue weighted by Crippen LogP contribution is -2.38. The Labute approximate surface area is 129 Å². The lowest BCUT2D eigenvalue weighted by molar-refractivity contribution is -0.385. The Balaban J connectivity index is 3.17. The predicted octanol–water partition coefficient (Wildman–Crippen LogP) is 2.54. The SMILES string of the molecule is CC(C)CN(CC(=O)O)C(=O)c1cccc([N+](=O)[O-])c1Br. The van der Waals surface area contributed by atoms with Gasteiger partial charge >= 0.3 is 5.97 Å². The van der Waals surface area contributed by atoms with Crippen molar-refractivity contribution in [3.05, 3.63) is 38.3 Å². The van der Waals surface area contributed by atoms with Crippen LogP contribution in [0.15, 0.2) is 22.7 Å². The second-order valence-corrected chi connectivity index (χ2v) is 5.66. The number of nitrogens with zero attached hydrogens (tertiary/aromatic N) is 2. The first-order valence-corrected chi connectivity index (χ1v) is 6.97. The maximum absolute atomic E-state index is 12.4. The molecule has 1 rings (SSSR count). The largest absolute Gasteiger partial charge is 0.480 e. The molecule has 0 unspecified atom stereocenters. The number of carbonyl (C=O) groups excluding carboxylic acids is 1. The average Bonchev–Trinajstić information content (AvgIpc) is 2.36. The average molecular weight is 359 g/mol. The summed E-state index contributed by atoms with van der Waals surface area (Å²) in [6.07, 6.45) is 0. The minimum Gasteiger partial charge on any atom is -0.480 e. The Morgan fingerprint density at radius 1 is 1.43 bits per heavy atom. The quantitative estimate of drug-likeness (QED) is 0.621. The van der Waals surface area contributed by atoms with Gasteiger partial charge in [0.25, 0.3) is 11.6 Å². The fourth-order valence-electron chi connectivity index (χ4n) is 1.82. The van der Waals surface area contributed by atoms with E-state index in [4.69, 9.17) is 5.11 Å². The van der Waals surface area contributed by atoms with Crippen molar-refractivity contribution >= 4 is 33.5 Å². The van der Waals surface area contributed by atoms with Crippen molar-refractivity contribution in [3.63, 3.8) is 0 Å². The third-order valence-corrected chi connectivity index (χ3v) is 3.44. The van der Waals surface area contributed by atoms with E-state index in [2.05, 4.69) is 15.9 Å². The van der Waals surface area contributed by atoms with Gasteiger partial charge < -0.3 is 10.0 Å². The van der Waals surface area contributed by atoms with Crippen LogP contribution in [0.5, 0.6) is 0 Å². The Kier molecular flexibility index (Phi) is 5.83. The number of hydrogen-bond acceptors (Lipinski definition) is 4. The molecule has 0 spiro atoms. The maximum Gasteiger partial charge on any atom is 0.323 e. The number of carboxylic acid groups (broad SMARTS) is 1. The smallest absolute Gasteiger partial charge is 0.323 e. The first-order valence-electron chi connectivity index (χ1n) is 6.18. The molecule has 0 atom stereocenters. The summed E-state index contributed by atoms with van der Waals surface area (Å²) in [5.74, 6) is -1.61. The minimum atomic E-state index is -1.13. The van der Waals surface area contributed by atoms with Gasteiger partial charge in [0, 0.05) is 12.6 Å². The molecule has 7 nitrogen and oxygen atoms in total. The molecule has 0 heterocycles. The van der Waals surface area contributed by atoms with Crippen molar-refractivity contribution in [1.29, 1.82) is 0 Å². The summed E-state index contributed by atoms with van der Waals surface area (Å²) in [4.78, 5) is 34.7. The number of carbonyl (C=O) groups is 2. The van der Waals surface area contributed by atoms with Crippen LogP contribution in [-0.4, -0.2) is 39.9 Å². The van der Waals surface area contributed by atoms with Crippen LogP contribution in [0.3, 0.4) is 0 Å². The number of carboxylic acids is 1. The van der Waals surface area contributed by atoms with Gasteiger partial charge in [-0.05, 0) is 27.9 Å². The van der Waals surface area contributed by atoms with Crippen molar-refractivity contribution in [3.8, 4) is 0 Å². The zero-order chi connectivity index (χ0) is 16.2. The number of nitro benzene ring substituents is 1. The summed E-state index contributed by atoms with van der Waals surface area (Å²) < 4.78 is 0.0548. The third kappa shape index (κ3) is 4.52. The monoisotopic (exact) mass is 358 g/mol. The Morgan fingerprint density at radius 2 is 2.05 bits per heavy atom. The highest BCUT2D eigenvalue weighted by molar-refractivity contribution is 9.10. The first kappa shape index (κ1) is 17.1. The molecule has 1 N–H and O–H groups in total. The Bertz CT molecular complexity index is 574. The topological polar surface area (TPSA) is 101 Å². The second kappa shape index (κ2) is 7.16. The van der Waals surface area contributed by atoms with Crippen LogP contribution in [0, 0.1) is 16.0 Å². The van der Waals surface area contributed by atoms with Crippen molar-refractivity contribution < 1.29 is 19.6 Å². The van der Waals surface area contributed by atoms with Gasteiger partial charge in [-0.15, -0.1) is 0 Å². The molecule has 0 radical (unpaired) electrons. The van der Waals surface area contributed by atoms with Gasteiger partial charge in [0.15, 0.2) is 0 Å². The van der Waals surface area contributed by atoms with E-state index in [-0.39, 0.29) is 28.2 Å². The highest BCUT2D eigenvalue weighted by atomic mass is 79.9. The van der Waals surface area contributed by atoms with Crippen LogP contribution >= 0.6 is 15.9 Å². The Hall–Kier alpha value is -1.96. The molecular formula is C13H15BrN2O5. The maximum atomic E-state index is 12.4. The predicted molar refractivity (Wildman–Crippen MR) is 79.2 cm³/mol. The standard InChI is InChI=1S/C13H15BrN2O5/c1-8(2)6-15(7-11(17)18)13(19)9-4-3-5-10(12(9)14)16(20)21/h3-5,8H,6-7H2,1-2H3,(H,17,18). The molecule has 1 aromatic rings. The summed E-state index contributed by atoms with van der Waals surface area (Å²) in [5, 5.41) is 19.8. The molecule has 0 aromatic heterocycles. The number of hydrogen-bond donors (Lipinski definition) is 1. The molecule has 8 heteroatoms. The molecule has 0 aliphatic carbocycles. The number of aliphatic carboxylic acids is 1. The fourth-order valence-corrected chi connectivity index (χ4v) is 2.40. The number of amides is 1. The summed E-state index contributed by atoms with van der Waals surface area (Å²) in [6.45, 7) is 3.50. The van der Waals surface area contributed by atoms with Gasteiger partial charge in [-0.3, -0.25) is 19.7 Å². The van der Waals surface area contributed by atoms with Crippen LogP contribution < -0.4 is 0 Å². The molecular weight excluding hydrogens is 344 g/mol. The van der Waals surface area contributed by atoms with E-state index in [0.717, 1.165) is 4.90 Å². The van der Waals surface area contributed by atoms with Gasteiger partial charge in [0.05, 0.1) is 10.5 Å². The highest BCUT2D eigenvalue weighted by Gasteiger charge is 2.25.